The lowest BCUT2D eigenvalue weighted by Gasteiger charge is -2.19. The molecule has 0 unspecified atom stereocenters. The van der Waals surface area contributed by atoms with Gasteiger partial charge in [0, 0.05) is 23.0 Å². The van der Waals surface area contributed by atoms with E-state index in [-0.39, 0.29) is 12.0 Å². The van der Waals surface area contributed by atoms with Crippen LogP contribution in [0.5, 0.6) is 0 Å². The van der Waals surface area contributed by atoms with Crippen molar-refractivity contribution < 1.29 is 9.53 Å². The van der Waals surface area contributed by atoms with E-state index in [1.807, 2.05) is 0 Å². The average Bonchev–Trinajstić information content (AvgIpc) is 2.22. The molecule has 0 spiro atoms. The summed E-state index contributed by atoms with van der Waals surface area (Å²) in [5, 5.41) is 2.61. The van der Waals surface area contributed by atoms with Gasteiger partial charge < -0.3 is 15.0 Å². The maximum Gasteiger partial charge on any atom is 0.407 e. The lowest BCUT2D eigenvalue weighted by molar-refractivity contribution is 0.0523. The monoisotopic (exact) mass is 252 g/mol. The summed E-state index contributed by atoms with van der Waals surface area (Å²) in [7, 11) is 0. The summed E-state index contributed by atoms with van der Waals surface area (Å²) in [4.78, 5) is 26.2. The summed E-state index contributed by atoms with van der Waals surface area (Å²) in [6.07, 6.45) is 1.14. The number of rotatable bonds is 2. The van der Waals surface area contributed by atoms with Gasteiger partial charge in [-0.3, -0.25) is 4.79 Å². The van der Waals surface area contributed by atoms with Gasteiger partial charge in [-0.25, -0.2) is 4.79 Å². The summed E-state index contributed by atoms with van der Waals surface area (Å²) < 4.78 is 5.11. The molecule has 1 heterocycles. The molecule has 5 heteroatoms. The van der Waals surface area contributed by atoms with Crippen molar-refractivity contribution in [1.29, 1.82) is 0 Å². The zero-order chi connectivity index (χ0) is 13.9. The van der Waals surface area contributed by atoms with Crippen molar-refractivity contribution in [1.82, 2.24) is 10.3 Å². The first-order chi connectivity index (χ1) is 8.20. The molecule has 0 aliphatic heterocycles. The van der Waals surface area contributed by atoms with Crippen LogP contribution in [-0.2, 0) is 11.3 Å². The third kappa shape index (κ3) is 3.91. The number of amides is 1. The van der Waals surface area contributed by atoms with E-state index in [2.05, 4.69) is 10.3 Å². The quantitative estimate of drug-likeness (QED) is 0.845. The lowest BCUT2D eigenvalue weighted by atomic mass is 10.1. The van der Waals surface area contributed by atoms with Gasteiger partial charge in [0.05, 0.1) is 6.54 Å². The second-order valence-electron chi connectivity index (χ2n) is 5.26. The van der Waals surface area contributed by atoms with E-state index < -0.39 is 11.7 Å². The first kappa shape index (κ1) is 14.3. The van der Waals surface area contributed by atoms with E-state index in [0.717, 1.165) is 0 Å². The van der Waals surface area contributed by atoms with Crippen LogP contribution >= 0.6 is 0 Å². The number of alkyl carbamates (subject to hydrolysis) is 1. The molecule has 1 aromatic heterocycles. The van der Waals surface area contributed by atoms with Crippen molar-refractivity contribution in [2.45, 2.75) is 46.8 Å². The summed E-state index contributed by atoms with van der Waals surface area (Å²) in [6, 6.07) is 0. The smallest absolute Gasteiger partial charge is 0.407 e. The molecule has 0 bridgehead atoms. The molecule has 0 aliphatic carbocycles. The van der Waals surface area contributed by atoms with Crippen LogP contribution in [0.15, 0.2) is 11.0 Å². The van der Waals surface area contributed by atoms with E-state index >= 15 is 0 Å². The van der Waals surface area contributed by atoms with Crippen LogP contribution < -0.4 is 10.7 Å². The molecular weight excluding hydrogens is 232 g/mol. The highest BCUT2D eigenvalue weighted by Crippen LogP contribution is 2.07. The lowest BCUT2D eigenvalue weighted by Crippen LogP contribution is -2.33. The maximum absolute atomic E-state index is 11.7. The van der Waals surface area contributed by atoms with E-state index in [1.54, 1.807) is 40.8 Å². The molecule has 1 aromatic rings. The van der Waals surface area contributed by atoms with Crippen LogP contribution in [0.1, 0.15) is 37.6 Å². The Hall–Kier alpha value is -1.78. The van der Waals surface area contributed by atoms with Crippen molar-refractivity contribution in [2.24, 2.45) is 0 Å². The number of aromatic amines is 1. The van der Waals surface area contributed by atoms with Crippen LogP contribution in [0.2, 0.25) is 0 Å². The number of H-pyrrole nitrogens is 1. The summed E-state index contributed by atoms with van der Waals surface area (Å²) >= 11 is 0. The number of nitrogens with one attached hydrogen (secondary N) is 2. The maximum atomic E-state index is 11.7. The Balaban J connectivity index is 2.68. The van der Waals surface area contributed by atoms with Crippen LogP contribution in [-0.4, -0.2) is 16.7 Å². The molecule has 0 saturated carbocycles. The van der Waals surface area contributed by atoms with Crippen LogP contribution in [0.4, 0.5) is 4.79 Å². The van der Waals surface area contributed by atoms with Gasteiger partial charge in [-0.2, -0.15) is 0 Å². The highest BCUT2D eigenvalue weighted by Gasteiger charge is 2.16. The van der Waals surface area contributed by atoms with E-state index in [9.17, 15) is 9.59 Å². The normalized spacial score (nSPS) is 11.2. The topological polar surface area (TPSA) is 71.2 Å². The average molecular weight is 252 g/mol. The minimum Gasteiger partial charge on any atom is -0.444 e. The Bertz CT molecular complexity index is 498. The molecule has 18 heavy (non-hydrogen) atoms. The van der Waals surface area contributed by atoms with Gasteiger partial charge in [-0.05, 0) is 34.6 Å². The number of carbonyl (C=O) groups excluding carboxylic acids is 1. The molecule has 100 valence electrons. The van der Waals surface area contributed by atoms with Crippen molar-refractivity contribution in [3.63, 3.8) is 0 Å². The molecule has 0 atom stereocenters. The van der Waals surface area contributed by atoms with Gasteiger partial charge in [0.2, 0.25) is 0 Å². The fraction of sp³-hybridized carbons (Fsp3) is 0.538. The molecule has 1 amide bonds. The van der Waals surface area contributed by atoms with Gasteiger partial charge in [-0.15, -0.1) is 0 Å². The number of aromatic nitrogens is 1. The Morgan fingerprint density at radius 3 is 2.56 bits per heavy atom. The third-order valence-electron chi connectivity index (χ3n) is 2.42. The van der Waals surface area contributed by atoms with Gasteiger partial charge in [0.15, 0.2) is 5.43 Å². The summed E-state index contributed by atoms with van der Waals surface area (Å²) in [6.45, 7) is 9.12. The molecule has 0 saturated heterocycles. The molecular formula is C13H20N2O3. The Labute approximate surface area is 107 Å². The molecule has 1 rings (SSSR count). The zero-order valence-electron chi connectivity index (χ0n) is 11.5. The highest BCUT2D eigenvalue weighted by molar-refractivity contribution is 5.67. The molecule has 2 N–H and O–H groups in total. The highest BCUT2D eigenvalue weighted by atomic mass is 16.6. The fourth-order valence-electron chi connectivity index (χ4n) is 1.46. The van der Waals surface area contributed by atoms with Gasteiger partial charge in [-0.1, -0.05) is 0 Å². The van der Waals surface area contributed by atoms with Gasteiger partial charge in [0.1, 0.15) is 5.60 Å². The first-order valence-electron chi connectivity index (χ1n) is 5.85. The summed E-state index contributed by atoms with van der Waals surface area (Å²) in [5.41, 5.74) is 1.44. The van der Waals surface area contributed by atoms with Crippen LogP contribution in [0, 0.1) is 13.8 Å². The predicted molar refractivity (Wildman–Crippen MR) is 69.6 cm³/mol. The second kappa shape index (κ2) is 5.25. The Kier molecular flexibility index (Phi) is 4.16. The van der Waals surface area contributed by atoms with Crippen LogP contribution in [0.25, 0.3) is 0 Å². The molecule has 5 nitrogen and oxygen atoms in total. The number of hydrogen-bond donors (Lipinski definition) is 2. The Morgan fingerprint density at radius 2 is 2.00 bits per heavy atom. The summed E-state index contributed by atoms with van der Waals surface area (Å²) in [5.74, 6) is 0. The zero-order valence-corrected chi connectivity index (χ0v) is 11.5. The molecule has 0 aromatic carbocycles. The fourth-order valence-corrected chi connectivity index (χ4v) is 1.46. The molecule has 0 fully saturated rings. The number of hydrogen-bond acceptors (Lipinski definition) is 3. The number of ether oxygens (including phenoxy) is 1. The van der Waals surface area contributed by atoms with Crippen molar-refractivity contribution in [2.75, 3.05) is 0 Å². The minimum atomic E-state index is -0.528. The third-order valence-corrected chi connectivity index (χ3v) is 2.42. The van der Waals surface area contributed by atoms with Crippen molar-refractivity contribution in [3.8, 4) is 0 Å². The van der Waals surface area contributed by atoms with Crippen molar-refractivity contribution >= 4 is 6.09 Å². The van der Waals surface area contributed by atoms with E-state index in [0.29, 0.717) is 16.8 Å². The molecule has 0 radical (unpaired) electrons. The SMILES string of the molecule is Cc1c[nH]c(CNC(=O)OC(C)(C)C)c(C)c1=O. The Morgan fingerprint density at radius 1 is 1.39 bits per heavy atom. The first-order valence-corrected chi connectivity index (χ1v) is 5.85. The standard InChI is InChI=1S/C13H20N2O3/c1-8-6-14-10(9(2)11(8)16)7-15-12(17)18-13(3,4)5/h6H,7H2,1-5H3,(H,14,16)(H,15,17). The second-order valence-corrected chi connectivity index (χ2v) is 5.26. The minimum absolute atomic E-state index is 0.00487. The van der Waals surface area contributed by atoms with Gasteiger partial charge in [0.25, 0.3) is 0 Å². The van der Waals surface area contributed by atoms with Gasteiger partial charge >= 0.3 is 6.09 Å². The number of pyridine rings is 1. The number of aryl methyl sites for hydroxylation is 1. The van der Waals surface area contributed by atoms with Crippen LogP contribution in [0.3, 0.4) is 0 Å². The van der Waals surface area contributed by atoms with Crippen molar-refractivity contribution in [3.05, 3.63) is 33.2 Å². The largest absolute Gasteiger partial charge is 0.444 e. The number of carbonyl (C=O) groups is 1. The predicted octanol–water partition coefficient (Wildman–Crippen LogP) is 2.02. The van der Waals surface area contributed by atoms with E-state index in [1.165, 1.54) is 0 Å². The molecule has 0 aliphatic rings. The van der Waals surface area contributed by atoms with E-state index in [4.69, 9.17) is 4.74 Å².